The highest BCUT2D eigenvalue weighted by Gasteiger charge is 2.14. The first-order valence-corrected chi connectivity index (χ1v) is 9.09. The molecule has 0 unspecified atom stereocenters. The minimum Gasteiger partial charge on any atom is -0.308 e. The molecule has 0 saturated heterocycles. The van der Waals surface area contributed by atoms with E-state index in [-0.39, 0.29) is 18.3 Å². The number of halogens is 1. The number of likely N-dealkylation sites (N-methyl/N-ethyl adjacent to an activating group) is 1. The van der Waals surface area contributed by atoms with E-state index in [1.807, 2.05) is 55.5 Å². The summed E-state index contributed by atoms with van der Waals surface area (Å²) >= 11 is 0. The standard InChI is InChI=1S/C21H24FN5O/c1-26(2)13-12-23-14-20(28)25-21-24-19(16-6-4-3-5-7-16)15-27(21)18-10-8-17(22)9-11-18/h3-11,15,23H,12-14H2,1-2H3,(H,24,25,28). The Labute approximate surface area is 164 Å². The fraction of sp³-hybridized carbons (Fsp3) is 0.238. The zero-order valence-electron chi connectivity index (χ0n) is 16.0. The molecule has 146 valence electrons. The van der Waals surface area contributed by atoms with Gasteiger partial charge in [0.2, 0.25) is 11.9 Å². The second-order valence-corrected chi connectivity index (χ2v) is 6.69. The number of anilines is 1. The molecular weight excluding hydrogens is 357 g/mol. The van der Waals surface area contributed by atoms with Crippen molar-refractivity contribution in [1.82, 2.24) is 19.8 Å². The molecule has 2 aromatic carbocycles. The number of hydrogen-bond donors (Lipinski definition) is 2. The number of aromatic nitrogens is 2. The maximum atomic E-state index is 13.3. The first-order chi connectivity index (χ1) is 13.5. The van der Waals surface area contributed by atoms with Gasteiger partial charge in [0, 0.05) is 30.5 Å². The summed E-state index contributed by atoms with van der Waals surface area (Å²) in [6, 6.07) is 15.8. The third-order valence-electron chi connectivity index (χ3n) is 4.15. The third-order valence-corrected chi connectivity index (χ3v) is 4.15. The Bertz CT molecular complexity index is 906. The zero-order valence-corrected chi connectivity index (χ0v) is 16.0. The summed E-state index contributed by atoms with van der Waals surface area (Å²) in [5.41, 5.74) is 2.37. The number of hydrogen-bond acceptors (Lipinski definition) is 4. The lowest BCUT2D eigenvalue weighted by atomic mass is 10.2. The maximum absolute atomic E-state index is 13.3. The minimum absolute atomic E-state index is 0.185. The van der Waals surface area contributed by atoms with E-state index in [2.05, 4.69) is 15.6 Å². The SMILES string of the molecule is CN(C)CCNCC(=O)Nc1nc(-c2ccccc2)cn1-c1ccc(F)cc1. The quantitative estimate of drug-likeness (QED) is 0.589. The highest BCUT2D eigenvalue weighted by molar-refractivity contribution is 5.91. The molecule has 6 nitrogen and oxygen atoms in total. The molecule has 1 amide bonds. The number of imidazole rings is 1. The summed E-state index contributed by atoms with van der Waals surface area (Å²) < 4.78 is 15.1. The summed E-state index contributed by atoms with van der Waals surface area (Å²) in [6.07, 6.45) is 1.83. The third kappa shape index (κ3) is 5.25. The van der Waals surface area contributed by atoms with Crippen molar-refractivity contribution < 1.29 is 9.18 Å². The smallest absolute Gasteiger partial charge is 0.240 e. The second-order valence-electron chi connectivity index (χ2n) is 6.69. The molecule has 0 fully saturated rings. The van der Waals surface area contributed by atoms with Gasteiger partial charge in [0.25, 0.3) is 0 Å². The van der Waals surface area contributed by atoms with Gasteiger partial charge in [-0.25, -0.2) is 9.37 Å². The average molecular weight is 381 g/mol. The van der Waals surface area contributed by atoms with Crippen LogP contribution in [0.1, 0.15) is 0 Å². The molecule has 28 heavy (non-hydrogen) atoms. The van der Waals surface area contributed by atoms with Gasteiger partial charge < -0.3 is 10.2 Å². The minimum atomic E-state index is -0.317. The average Bonchev–Trinajstić information content (AvgIpc) is 3.10. The number of nitrogens with one attached hydrogen (secondary N) is 2. The Balaban J connectivity index is 1.81. The topological polar surface area (TPSA) is 62.2 Å². The number of amides is 1. The van der Waals surface area contributed by atoms with Crippen LogP contribution in [0.4, 0.5) is 10.3 Å². The lowest BCUT2D eigenvalue weighted by Gasteiger charge is -2.11. The van der Waals surface area contributed by atoms with Gasteiger partial charge in [0.1, 0.15) is 5.82 Å². The summed E-state index contributed by atoms with van der Waals surface area (Å²) in [5, 5.41) is 5.95. The molecule has 1 aromatic heterocycles. The summed E-state index contributed by atoms with van der Waals surface area (Å²) in [4.78, 5) is 19.0. The van der Waals surface area contributed by atoms with Crippen LogP contribution in [-0.2, 0) is 4.79 Å². The van der Waals surface area contributed by atoms with Crippen LogP contribution in [0, 0.1) is 5.82 Å². The first kappa shape index (κ1) is 19.7. The van der Waals surface area contributed by atoms with Crippen molar-refractivity contribution >= 4 is 11.9 Å². The maximum Gasteiger partial charge on any atom is 0.240 e. The van der Waals surface area contributed by atoms with E-state index in [1.165, 1.54) is 12.1 Å². The monoisotopic (exact) mass is 381 g/mol. The highest BCUT2D eigenvalue weighted by atomic mass is 19.1. The van der Waals surface area contributed by atoms with Crippen LogP contribution >= 0.6 is 0 Å². The van der Waals surface area contributed by atoms with Gasteiger partial charge in [-0.1, -0.05) is 30.3 Å². The first-order valence-electron chi connectivity index (χ1n) is 9.09. The molecule has 0 saturated carbocycles. The lowest BCUT2D eigenvalue weighted by Crippen LogP contribution is -2.33. The molecule has 0 aliphatic heterocycles. The van der Waals surface area contributed by atoms with Crippen molar-refractivity contribution in [3.8, 4) is 16.9 Å². The molecule has 0 atom stereocenters. The van der Waals surface area contributed by atoms with Crippen molar-refractivity contribution in [3.05, 3.63) is 66.6 Å². The van der Waals surface area contributed by atoms with Gasteiger partial charge >= 0.3 is 0 Å². The number of nitrogens with zero attached hydrogens (tertiary/aromatic N) is 3. The normalized spacial score (nSPS) is 11.0. The van der Waals surface area contributed by atoms with Crippen LogP contribution in [0.2, 0.25) is 0 Å². The zero-order chi connectivity index (χ0) is 19.9. The number of benzene rings is 2. The molecule has 0 bridgehead atoms. The Kier molecular flexibility index (Phi) is 6.52. The van der Waals surface area contributed by atoms with E-state index < -0.39 is 0 Å². The number of rotatable bonds is 8. The van der Waals surface area contributed by atoms with E-state index in [0.29, 0.717) is 18.2 Å². The van der Waals surface area contributed by atoms with Crippen LogP contribution in [0.3, 0.4) is 0 Å². The van der Waals surface area contributed by atoms with E-state index in [4.69, 9.17) is 0 Å². The fourth-order valence-electron chi connectivity index (χ4n) is 2.69. The fourth-order valence-corrected chi connectivity index (χ4v) is 2.69. The summed E-state index contributed by atoms with van der Waals surface area (Å²) in [7, 11) is 3.96. The van der Waals surface area contributed by atoms with Crippen molar-refractivity contribution in [1.29, 1.82) is 0 Å². The van der Waals surface area contributed by atoms with Crippen LogP contribution < -0.4 is 10.6 Å². The molecule has 1 heterocycles. The molecule has 7 heteroatoms. The Morgan fingerprint density at radius 1 is 1.11 bits per heavy atom. The van der Waals surface area contributed by atoms with Gasteiger partial charge in [-0.05, 0) is 38.4 Å². The number of carbonyl (C=O) groups excluding carboxylic acids is 1. The van der Waals surface area contributed by atoms with Crippen molar-refractivity contribution in [2.75, 3.05) is 39.0 Å². The summed E-state index contributed by atoms with van der Waals surface area (Å²) in [5.74, 6) is -0.111. The Morgan fingerprint density at radius 3 is 2.50 bits per heavy atom. The van der Waals surface area contributed by atoms with E-state index >= 15 is 0 Å². The lowest BCUT2D eigenvalue weighted by molar-refractivity contribution is -0.115. The van der Waals surface area contributed by atoms with Gasteiger partial charge in [-0.15, -0.1) is 0 Å². The molecule has 2 N–H and O–H groups in total. The van der Waals surface area contributed by atoms with Crippen LogP contribution in [0.25, 0.3) is 16.9 Å². The molecule has 3 rings (SSSR count). The summed E-state index contributed by atoms with van der Waals surface area (Å²) in [6.45, 7) is 1.74. The molecule has 0 radical (unpaired) electrons. The van der Waals surface area contributed by atoms with Crippen molar-refractivity contribution in [3.63, 3.8) is 0 Å². The van der Waals surface area contributed by atoms with Gasteiger partial charge in [-0.3, -0.25) is 14.7 Å². The molecule has 0 spiro atoms. The number of carbonyl (C=O) groups is 1. The van der Waals surface area contributed by atoms with Crippen LogP contribution in [-0.4, -0.2) is 54.1 Å². The highest BCUT2D eigenvalue weighted by Crippen LogP contribution is 2.24. The van der Waals surface area contributed by atoms with Crippen molar-refractivity contribution in [2.24, 2.45) is 0 Å². The van der Waals surface area contributed by atoms with E-state index in [1.54, 1.807) is 16.7 Å². The van der Waals surface area contributed by atoms with Gasteiger partial charge in [-0.2, -0.15) is 0 Å². The predicted octanol–water partition coefficient (Wildman–Crippen LogP) is 2.77. The Morgan fingerprint density at radius 2 is 1.82 bits per heavy atom. The van der Waals surface area contributed by atoms with Crippen molar-refractivity contribution in [2.45, 2.75) is 0 Å². The molecular formula is C21H24FN5O. The predicted molar refractivity (Wildman–Crippen MR) is 109 cm³/mol. The van der Waals surface area contributed by atoms with E-state index in [9.17, 15) is 9.18 Å². The van der Waals surface area contributed by atoms with Gasteiger partial charge in [0.15, 0.2) is 0 Å². The van der Waals surface area contributed by atoms with E-state index in [0.717, 1.165) is 17.8 Å². The largest absolute Gasteiger partial charge is 0.308 e. The Hall–Kier alpha value is -3.03. The molecule has 0 aliphatic rings. The van der Waals surface area contributed by atoms with Crippen LogP contribution in [0.15, 0.2) is 60.8 Å². The second kappa shape index (κ2) is 9.25. The molecule has 3 aromatic rings. The van der Waals surface area contributed by atoms with Crippen LogP contribution in [0.5, 0.6) is 0 Å². The van der Waals surface area contributed by atoms with Gasteiger partial charge in [0.05, 0.1) is 12.2 Å². The molecule has 0 aliphatic carbocycles.